The number of aryl methyl sites for hydroxylation is 1. The van der Waals surface area contributed by atoms with Gasteiger partial charge < -0.3 is 5.73 Å². The van der Waals surface area contributed by atoms with Gasteiger partial charge in [0, 0.05) is 0 Å². The summed E-state index contributed by atoms with van der Waals surface area (Å²) in [5.74, 6) is 0. The molecular weight excluding hydrogens is 206 g/mol. The van der Waals surface area contributed by atoms with E-state index in [-0.39, 0.29) is 15.9 Å². The highest BCUT2D eigenvalue weighted by Crippen LogP contribution is 2.33. The minimum atomic E-state index is 0.186. The fraction of sp³-hybridized carbons (Fsp3) is 0.167. The molecule has 0 spiro atoms. The maximum Gasteiger partial charge on any atom is 0.150 e. The van der Waals surface area contributed by atoms with Crippen LogP contribution in [0.2, 0.25) is 15.2 Å². The van der Waals surface area contributed by atoms with Crippen LogP contribution >= 0.6 is 34.8 Å². The second-order valence-electron chi connectivity index (χ2n) is 2.03. The lowest BCUT2D eigenvalue weighted by Gasteiger charge is -2.04. The smallest absolute Gasteiger partial charge is 0.150 e. The number of hydrogen-bond donors (Lipinski definition) is 1. The van der Waals surface area contributed by atoms with Crippen molar-refractivity contribution in [2.24, 2.45) is 0 Å². The van der Waals surface area contributed by atoms with Crippen molar-refractivity contribution in [1.29, 1.82) is 0 Å². The van der Waals surface area contributed by atoms with Gasteiger partial charge in [-0.1, -0.05) is 34.8 Å². The number of nitrogens with two attached hydrogens (primary N) is 1. The van der Waals surface area contributed by atoms with Crippen molar-refractivity contribution in [1.82, 2.24) is 4.98 Å². The summed E-state index contributed by atoms with van der Waals surface area (Å²) in [5.41, 5.74) is 6.36. The van der Waals surface area contributed by atoms with E-state index in [1.165, 1.54) is 0 Å². The van der Waals surface area contributed by atoms with Crippen LogP contribution in [0.1, 0.15) is 5.69 Å². The molecule has 0 fully saturated rings. The average Bonchev–Trinajstić information content (AvgIpc) is 1.97. The Bertz CT molecular complexity index is 272. The van der Waals surface area contributed by atoms with Crippen molar-refractivity contribution < 1.29 is 0 Å². The number of pyridine rings is 1. The highest BCUT2D eigenvalue weighted by molar-refractivity contribution is 6.45. The predicted molar refractivity (Wildman–Crippen MR) is 48.4 cm³/mol. The Morgan fingerprint density at radius 1 is 1.18 bits per heavy atom. The third-order valence-electron chi connectivity index (χ3n) is 1.24. The zero-order chi connectivity index (χ0) is 8.59. The number of halogens is 3. The third kappa shape index (κ3) is 1.53. The van der Waals surface area contributed by atoms with Crippen LogP contribution in [0.5, 0.6) is 0 Å². The van der Waals surface area contributed by atoms with Crippen molar-refractivity contribution in [3.8, 4) is 0 Å². The lowest BCUT2D eigenvalue weighted by atomic mass is 10.3. The topological polar surface area (TPSA) is 38.9 Å². The van der Waals surface area contributed by atoms with Gasteiger partial charge in [0.2, 0.25) is 0 Å². The van der Waals surface area contributed by atoms with Gasteiger partial charge in [0.05, 0.1) is 16.4 Å². The van der Waals surface area contributed by atoms with Crippen molar-refractivity contribution in [3.63, 3.8) is 0 Å². The number of nitrogen functional groups attached to an aromatic ring is 1. The van der Waals surface area contributed by atoms with E-state index in [0.29, 0.717) is 10.7 Å². The molecule has 1 heterocycles. The first-order valence-corrected chi connectivity index (χ1v) is 3.94. The first kappa shape index (κ1) is 8.91. The minimum Gasteiger partial charge on any atom is -0.396 e. The Balaban J connectivity index is 3.46. The molecule has 0 amide bonds. The summed E-state index contributed by atoms with van der Waals surface area (Å²) in [6.45, 7) is 1.71. The van der Waals surface area contributed by atoms with Gasteiger partial charge in [0.1, 0.15) is 10.2 Å². The van der Waals surface area contributed by atoms with Crippen molar-refractivity contribution in [3.05, 3.63) is 20.9 Å². The average molecular weight is 211 g/mol. The molecule has 0 aliphatic rings. The minimum absolute atomic E-state index is 0.186. The zero-order valence-corrected chi connectivity index (χ0v) is 7.93. The molecule has 0 aliphatic heterocycles. The monoisotopic (exact) mass is 210 g/mol. The summed E-state index contributed by atoms with van der Waals surface area (Å²) in [4.78, 5) is 3.86. The Hall–Kier alpha value is -0.180. The van der Waals surface area contributed by atoms with Crippen LogP contribution in [0, 0.1) is 6.92 Å². The molecule has 0 aliphatic carbocycles. The van der Waals surface area contributed by atoms with E-state index in [9.17, 15) is 0 Å². The zero-order valence-electron chi connectivity index (χ0n) is 5.66. The third-order valence-corrected chi connectivity index (χ3v) is 2.47. The van der Waals surface area contributed by atoms with Gasteiger partial charge in [0.25, 0.3) is 0 Å². The molecule has 0 atom stereocenters. The van der Waals surface area contributed by atoms with E-state index in [1.54, 1.807) is 6.92 Å². The molecule has 60 valence electrons. The SMILES string of the molecule is Cc1nc(Cl)c(Cl)c(N)c1Cl. The summed E-state index contributed by atoms with van der Waals surface area (Å²) in [7, 11) is 0. The second-order valence-corrected chi connectivity index (χ2v) is 3.14. The summed E-state index contributed by atoms with van der Waals surface area (Å²) < 4.78 is 0. The summed E-state index contributed by atoms with van der Waals surface area (Å²) >= 11 is 17.0. The highest BCUT2D eigenvalue weighted by atomic mass is 35.5. The maximum atomic E-state index is 5.72. The van der Waals surface area contributed by atoms with Crippen LogP contribution in [-0.4, -0.2) is 4.98 Å². The van der Waals surface area contributed by atoms with Crippen LogP contribution in [0.4, 0.5) is 5.69 Å². The largest absolute Gasteiger partial charge is 0.396 e. The Morgan fingerprint density at radius 2 is 1.73 bits per heavy atom. The van der Waals surface area contributed by atoms with Crippen LogP contribution < -0.4 is 5.73 Å². The normalized spacial score (nSPS) is 10.2. The molecule has 2 nitrogen and oxygen atoms in total. The Kier molecular flexibility index (Phi) is 2.47. The van der Waals surface area contributed by atoms with Crippen LogP contribution in [0.3, 0.4) is 0 Å². The fourth-order valence-electron chi connectivity index (χ4n) is 0.648. The second kappa shape index (κ2) is 3.05. The quantitative estimate of drug-likeness (QED) is 0.670. The van der Waals surface area contributed by atoms with E-state index < -0.39 is 0 Å². The van der Waals surface area contributed by atoms with Crippen molar-refractivity contribution in [2.45, 2.75) is 6.92 Å². The number of rotatable bonds is 0. The van der Waals surface area contributed by atoms with Crippen LogP contribution in [0.25, 0.3) is 0 Å². The van der Waals surface area contributed by atoms with Gasteiger partial charge in [-0.3, -0.25) is 0 Å². The maximum absolute atomic E-state index is 5.72. The van der Waals surface area contributed by atoms with E-state index in [0.717, 1.165) is 0 Å². The number of nitrogens with zero attached hydrogens (tertiary/aromatic N) is 1. The molecule has 0 aromatic carbocycles. The van der Waals surface area contributed by atoms with Gasteiger partial charge in [-0.05, 0) is 6.92 Å². The lowest BCUT2D eigenvalue weighted by molar-refractivity contribution is 1.20. The molecule has 5 heteroatoms. The fourth-order valence-corrected chi connectivity index (χ4v) is 1.20. The molecule has 0 saturated carbocycles. The molecule has 1 aromatic rings. The molecule has 1 aromatic heterocycles. The van der Waals surface area contributed by atoms with E-state index in [4.69, 9.17) is 40.5 Å². The Labute approximate surface area is 79.3 Å². The first-order valence-electron chi connectivity index (χ1n) is 2.80. The molecule has 0 radical (unpaired) electrons. The van der Waals surface area contributed by atoms with E-state index in [1.807, 2.05) is 0 Å². The van der Waals surface area contributed by atoms with E-state index in [2.05, 4.69) is 4.98 Å². The first-order chi connectivity index (χ1) is 5.04. The van der Waals surface area contributed by atoms with Crippen molar-refractivity contribution >= 4 is 40.5 Å². The van der Waals surface area contributed by atoms with Gasteiger partial charge in [-0.25, -0.2) is 4.98 Å². The summed E-state index contributed by atoms with van der Waals surface area (Å²) in [6, 6.07) is 0. The van der Waals surface area contributed by atoms with Gasteiger partial charge >= 0.3 is 0 Å². The van der Waals surface area contributed by atoms with Crippen LogP contribution in [0.15, 0.2) is 0 Å². The molecule has 0 unspecified atom stereocenters. The molecule has 2 N–H and O–H groups in total. The van der Waals surface area contributed by atoms with Gasteiger partial charge in [-0.15, -0.1) is 0 Å². The highest BCUT2D eigenvalue weighted by Gasteiger charge is 2.10. The lowest BCUT2D eigenvalue weighted by Crippen LogP contribution is -1.94. The number of aromatic nitrogens is 1. The molecule has 0 saturated heterocycles. The molecule has 1 rings (SSSR count). The van der Waals surface area contributed by atoms with Gasteiger partial charge in [-0.2, -0.15) is 0 Å². The summed E-state index contributed by atoms with van der Waals surface area (Å²) in [6.07, 6.45) is 0. The predicted octanol–water partition coefficient (Wildman–Crippen LogP) is 2.93. The Morgan fingerprint density at radius 3 is 2.27 bits per heavy atom. The van der Waals surface area contributed by atoms with E-state index >= 15 is 0 Å². The molecular formula is C6H5Cl3N2. The standard InChI is InChI=1S/C6H5Cl3N2/c1-2-3(7)5(10)4(8)6(9)11-2/h1H3,(H2,10,11). The molecule has 11 heavy (non-hydrogen) atoms. The van der Waals surface area contributed by atoms with Crippen molar-refractivity contribution in [2.75, 3.05) is 5.73 Å². The number of anilines is 1. The van der Waals surface area contributed by atoms with Crippen LogP contribution in [-0.2, 0) is 0 Å². The summed E-state index contributed by atoms with van der Waals surface area (Å²) in [5, 5.41) is 0.757. The van der Waals surface area contributed by atoms with Gasteiger partial charge in [0.15, 0.2) is 0 Å². The molecule has 0 bridgehead atoms. The number of hydrogen-bond acceptors (Lipinski definition) is 2.